The van der Waals surface area contributed by atoms with Gasteiger partial charge in [0.25, 0.3) is 0 Å². The van der Waals surface area contributed by atoms with Crippen LogP contribution in [0.2, 0.25) is 0 Å². The zero-order chi connectivity index (χ0) is 16.1. The van der Waals surface area contributed by atoms with Crippen LogP contribution in [-0.4, -0.2) is 48.6 Å². The Kier molecular flexibility index (Phi) is 4.89. The maximum atomic E-state index is 12.0. The summed E-state index contributed by atoms with van der Waals surface area (Å²) in [4.78, 5) is 12.0. The van der Waals surface area contributed by atoms with Crippen LogP contribution in [0.1, 0.15) is 5.69 Å². The van der Waals surface area contributed by atoms with Crippen LogP contribution >= 0.6 is 0 Å². The van der Waals surface area contributed by atoms with E-state index in [0.717, 1.165) is 17.1 Å². The van der Waals surface area contributed by atoms with Gasteiger partial charge in [0.05, 0.1) is 38.2 Å². The van der Waals surface area contributed by atoms with E-state index < -0.39 is 0 Å². The number of aromatic nitrogens is 2. The van der Waals surface area contributed by atoms with Gasteiger partial charge in [0.2, 0.25) is 5.91 Å². The van der Waals surface area contributed by atoms with E-state index in [2.05, 4.69) is 15.7 Å². The lowest BCUT2D eigenvalue weighted by atomic mass is 10.2. The second kappa shape index (κ2) is 7.26. The third-order valence-corrected chi connectivity index (χ3v) is 3.66. The average Bonchev–Trinajstić information content (AvgIpc) is 3.09. The second-order valence-corrected chi connectivity index (χ2v) is 5.25. The Morgan fingerprint density at radius 2 is 2.26 bits per heavy atom. The van der Waals surface area contributed by atoms with Gasteiger partial charge in [-0.05, 0) is 30.3 Å². The first kappa shape index (κ1) is 15.5. The van der Waals surface area contributed by atoms with E-state index in [9.17, 15) is 4.79 Å². The molecule has 0 saturated carbocycles. The molecule has 0 spiro atoms. The fourth-order valence-corrected chi connectivity index (χ4v) is 2.37. The van der Waals surface area contributed by atoms with Gasteiger partial charge < -0.3 is 20.1 Å². The molecule has 7 nitrogen and oxygen atoms in total. The number of nitrogens with zero attached hydrogens (tertiary/aromatic N) is 2. The highest BCUT2D eigenvalue weighted by Crippen LogP contribution is 2.14. The Bertz CT molecular complexity index is 648. The van der Waals surface area contributed by atoms with E-state index >= 15 is 0 Å². The summed E-state index contributed by atoms with van der Waals surface area (Å²) in [6.45, 7) is 2.15. The topological polar surface area (TPSA) is 77.4 Å². The number of carbonyl (C=O) groups is 1. The predicted molar refractivity (Wildman–Crippen MR) is 84.6 cm³/mol. The molecular formula is C16H20N4O3. The summed E-state index contributed by atoms with van der Waals surface area (Å²) in [5.74, 6) is 0.735. The predicted octanol–water partition coefficient (Wildman–Crippen LogP) is 0.485. The normalized spacial score (nSPS) is 17.7. The van der Waals surface area contributed by atoms with Gasteiger partial charge in [-0.2, -0.15) is 5.10 Å². The highest BCUT2D eigenvalue weighted by atomic mass is 16.5. The van der Waals surface area contributed by atoms with Crippen molar-refractivity contribution >= 4 is 5.91 Å². The van der Waals surface area contributed by atoms with Crippen molar-refractivity contribution in [3.63, 3.8) is 0 Å². The lowest BCUT2D eigenvalue weighted by molar-refractivity contribution is -0.126. The lowest BCUT2D eigenvalue weighted by Crippen LogP contribution is -2.51. The summed E-state index contributed by atoms with van der Waals surface area (Å²) in [7, 11) is 1.63. The van der Waals surface area contributed by atoms with Gasteiger partial charge in [-0.25, -0.2) is 4.68 Å². The molecule has 1 unspecified atom stereocenters. The minimum Gasteiger partial charge on any atom is -0.497 e. The first-order chi connectivity index (χ1) is 11.3. The summed E-state index contributed by atoms with van der Waals surface area (Å²) in [5.41, 5.74) is 1.73. The molecule has 0 radical (unpaired) electrons. The van der Waals surface area contributed by atoms with E-state index in [-0.39, 0.29) is 11.9 Å². The maximum absolute atomic E-state index is 12.0. The molecule has 1 aliphatic rings. The van der Waals surface area contributed by atoms with Crippen LogP contribution < -0.4 is 15.4 Å². The zero-order valence-corrected chi connectivity index (χ0v) is 13.0. The number of hydrogen-bond donors (Lipinski definition) is 2. The van der Waals surface area contributed by atoms with E-state index in [4.69, 9.17) is 9.47 Å². The molecule has 1 atom stereocenters. The third-order valence-electron chi connectivity index (χ3n) is 3.66. The molecule has 23 heavy (non-hydrogen) atoms. The number of rotatable bonds is 5. The van der Waals surface area contributed by atoms with Gasteiger partial charge in [-0.1, -0.05) is 0 Å². The second-order valence-electron chi connectivity index (χ2n) is 5.25. The first-order valence-electron chi connectivity index (χ1n) is 7.54. The number of morpholine rings is 1. The largest absolute Gasteiger partial charge is 0.497 e. The molecule has 1 aliphatic heterocycles. The molecule has 2 heterocycles. The molecule has 1 fully saturated rings. The summed E-state index contributed by atoms with van der Waals surface area (Å²) < 4.78 is 12.2. The Morgan fingerprint density at radius 3 is 2.96 bits per heavy atom. The van der Waals surface area contributed by atoms with Crippen molar-refractivity contribution in [3.05, 3.63) is 42.2 Å². The van der Waals surface area contributed by atoms with E-state index in [1.807, 2.05) is 36.5 Å². The molecule has 122 valence electrons. The molecule has 7 heteroatoms. The van der Waals surface area contributed by atoms with Crippen molar-refractivity contribution in [3.8, 4) is 11.4 Å². The van der Waals surface area contributed by atoms with Gasteiger partial charge in [-0.3, -0.25) is 4.79 Å². The molecule has 2 N–H and O–H groups in total. The molecule has 0 aliphatic carbocycles. The highest BCUT2D eigenvalue weighted by Gasteiger charge is 2.20. The minimum absolute atomic E-state index is 0.0660. The first-order valence-corrected chi connectivity index (χ1v) is 7.54. The van der Waals surface area contributed by atoms with Gasteiger partial charge in [0, 0.05) is 12.7 Å². The molecule has 1 saturated heterocycles. The van der Waals surface area contributed by atoms with Crippen molar-refractivity contribution in [2.75, 3.05) is 26.9 Å². The van der Waals surface area contributed by atoms with E-state index in [0.29, 0.717) is 26.3 Å². The summed E-state index contributed by atoms with van der Waals surface area (Å²) in [5, 5.41) is 10.5. The van der Waals surface area contributed by atoms with Gasteiger partial charge in [0.1, 0.15) is 11.8 Å². The lowest BCUT2D eigenvalue weighted by Gasteiger charge is -2.22. The Morgan fingerprint density at radius 1 is 1.43 bits per heavy atom. The van der Waals surface area contributed by atoms with Crippen LogP contribution in [0.15, 0.2) is 36.5 Å². The number of benzene rings is 1. The molecular weight excluding hydrogens is 296 g/mol. The molecule has 1 aromatic carbocycles. The molecule has 1 amide bonds. The smallest absolute Gasteiger partial charge is 0.239 e. The van der Waals surface area contributed by atoms with Crippen LogP contribution in [-0.2, 0) is 16.1 Å². The maximum Gasteiger partial charge on any atom is 0.239 e. The fraction of sp³-hybridized carbons (Fsp3) is 0.375. The summed E-state index contributed by atoms with van der Waals surface area (Å²) >= 11 is 0. The fourth-order valence-electron chi connectivity index (χ4n) is 2.37. The Labute approximate surface area is 134 Å². The number of amides is 1. The molecule has 0 bridgehead atoms. The molecule has 1 aromatic heterocycles. The molecule has 3 rings (SSSR count). The number of nitrogens with one attached hydrogen (secondary N) is 2. The van der Waals surface area contributed by atoms with Gasteiger partial charge in [0.15, 0.2) is 0 Å². The summed E-state index contributed by atoms with van der Waals surface area (Å²) in [6, 6.07) is 9.22. The number of ether oxygens (including phenoxy) is 2. The number of carbonyl (C=O) groups excluding carboxylic acids is 1. The van der Waals surface area contributed by atoms with Crippen molar-refractivity contribution in [1.29, 1.82) is 0 Å². The monoisotopic (exact) mass is 316 g/mol. The Balaban J connectivity index is 1.57. The third kappa shape index (κ3) is 3.88. The molecule has 2 aromatic rings. The van der Waals surface area contributed by atoms with Crippen molar-refractivity contribution in [2.24, 2.45) is 0 Å². The van der Waals surface area contributed by atoms with Crippen LogP contribution in [0.3, 0.4) is 0 Å². The van der Waals surface area contributed by atoms with Crippen LogP contribution in [0, 0.1) is 0 Å². The quantitative estimate of drug-likeness (QED) is 0.839. The van der Waals surface area contributed by atoms with Crippen LogP contribution in [0.25, 0.3) is 5.69 Å². The average molecular weight is 316 g/mol. The number of hydrogen-bond acceptors (Lipinski definition) is 5. The summed E-state index contributed by atoms with van der Waals surface area (Å²) in [6.07, 6.45) is 1.87. The van der Waals surface area contributed by atoms with Crippen molar-refractivity contribution in [2.45, 2.75) is 12.6 Å². The Hall–Kier alpha value is -2.38. The van der Waals surface area contributed by atoms with Crippen molar-refractivity contribution < 1.29 is 14.3 Å². The number of methoxy groups -OCH3 is 1. The van der Waals surface area contributed by atoms with Crippen molar-refractivity contribution in [1.82, 2.24) is 20.4 Å². The SMILES string of the molecule is COc1ccc(-n2ccc(CNC(=O)C3COCCN3)n2)cc1. The zero-order valence-electron chi connectivity index (χ0n) is 13.0. The van der Waals surface area contributed by atoms with Gasteiger partial charge >= 0.3 is 0 Å². The van der Waals surface area contributed by atoms with E-state index in [1.54, 1.807) is 11.8 Å². The standard InChI is InChI=1S/C16H20N4O3/c1-22-14-4-2-13(3-5-14)20-8-6-12(19-20)10-18-16(21)15-11-23-9-7-17-15/h2-6,8,15,17H,7,9-11H2,1H3,(H,18,21). The highest BCUT2D eigenvalue weighted by molar-refractivity contribution is 5.81. The van der Waals surface area contributed by atoms with E-state index in [1.165, 1.54) is 0 Å². The van der Waals surface area contributed by atoms with Crippen LogP contribution in [0.4, 0.5) is 0 Å². The van der Waals surface area contributed by atoms with Crippen LogP contribution in [0.5, 0.6) is 5.75 Å². The van der Waals surface area contributed by atoms with Gasteiger partial charge in [-0.15, -0.1) is 0 Å². The minimum atomic E-state index is -0.285.